The van der Waals surface area contributed by atoms with Crippen molar-refractivity contribution in [3.63, 3.8) is 0 Å². The van der Waals surface area contributed by atoms with Crippen LogP contribution >= 0.6 is 0 Å². The Bertz CT molecular complexity index is 336. The Morgan fingerprint density at radius 1 is 1.57 bits per heavy atom. The molecule has 3 nitrogen and oxygen atoms in total. The van der Waals surface area contributed by atoms with E-state index in [1.807, 2.05) is 12.3 Å². The van der Waals surface area contributed by atoms with Crippen molar-refractivity contribution < 1.29 is 0 Å². The van der Waals surface area contributed by atoms with Gasteiger partial charge in [0.05, 0.1) is 0 Å². The molecule has 2 N–H and O–H groups in total. The average molecular weight is 189 g/mol. The minimum Gasteiger partial charge on any atom is -0.365 e. The predicted molar refractivity (Wildman–Crippen MR) is 56.3 cm³/mol. The lowest BCUT2D eigenvalue weighted by atomic mass is 9.80. The van der Waals surface area contributed by atoms with Crippen LogP contribution in [0.5, 0.6) is 0 Å². The highest BCUT2D eigenvalue weighted by Crippen LogP contribution is 2.36. The van der Waals surface area contributed by atoms with Crippen LogP contribution < -0.4 is 10.6 Å². The van der Waals surface area contributed by atoms with E-state index in [0.29, 0.717) is 12.1 Å². The molecule has 2 aliphatic heterocycles. The standard InChI is InChI=1S/C11H15N3/c1-7-3-2-4-12-11(7)14-10-8-5-9(10)13-6-8/h2-4,8-10,13H,5-6H2,1H3,(H,12,14). The van der Waals surface area contributed by atoms with E-state index in [1.165, 1.54) is 18.5 Å². The molecule has 2 bridgehead atoms. The first-order chi connectivity index (χ1) is 6.84. The third-order valence-corrected chi connectivity index (χ3v) is 3.45. The fraction of sp³-hybridized carbons (Fsp3) is 0.545. The zero-order valence-electron chi connectivity index (χ0n) is 8.33. The molecule has 14 heavy (non-hydrogen) atoms. The Balaban J connectivity index is 1.76. The molecule has 3 heteroatoms. The van der Waals surface area contributed by atoms with Gasteiger partial charge in [-0.15, -0.1) is 0 Å². The smallest absolute Gasteiger partial charge is 0.129 e. The molecule has 0 radical (unpaired) electrons. The highest BCUT2D eigenvalue weighted by Gasteiger charge is 2.46. The van der Waals surface area contributed by atoms with Crippen LogP contribution in [-0.4, -0.2) is 23.6 Å². The zero-order chi connectivity index (χ0) is 9.54. The number of pyridine rings is 1. The third kappa shape index (κ3) is 1.12. The molecule has 3 atom stereocenters. The van der Waals surface area contributed by atoms with Gasteiger partial charge in [-0.05, 0) is 30.9 Å². The number of aryl methyl sites for hydroxylation is 1. The number of nitrogens with one attached hydrogen (secondary N) is 2. The summed E-state index contributed by atoms with van der Waals surface area (Å²) in [4.78, 5) is 4.36. The second kappa shape index (κ2) is 2.95. The van der Waals surface area contributed by atoms with Crippen LogP contribution in [0.1, 0.15) is 12.0 Å². The van der Waals surface area contributed by atoms with Crippen molar-refractivity contribution in [1.82, 2.24) is 10.3 Å². The molecule has 2 saturated heterocycles. The van der Waals surface area contributed by atoms with E-state index in [9.17, 15) is 0 Å². The van der Waals surface area contributed by atoms with Crippen molar-refractivity contribution in [2.24, 2.45) is 5.92 Å². The first-order valence-electron chi connectivity index (χ1n) is 5.26. The van der Waals surface area contributed by atoms with Gasteiger partial charge in [0.1, 0.15) is 5.82 Å². The Morgan fingerprint density at radius 3 is 3.14 bits per heavy atom. The third-order valence-electron chi connectivity index (χ3n) is 3.45. The molecular formula is C11H15N3. The number of anilines is 1. The maximum absolute atomic E-state index is 4.36. The fourth-order valence-electron chi connectivity index (χ4n) is 2.49. The van der Waals surface area contributed by atoms with E-state index in [4.69, 9.17) is 0 Å². The van der Waals surface area contributed by atoms with Crippen molar-refractivity contribution in [1.29, 1.82) is 0 Å². The Hall–Kier alpha value is -1.09. The highest BCUT2D eigenvalue weighted by atomic mass is 15.2. The fourth-order valence-corrected chi connectivity index (χ4v) is 2.49. The molecule has 0 amide bonds. The Labute approximate surface area is 83.9 Å². The van der Waals surface area contributed by atoms with Crippen molar-refractivity contribution >= 4 is 5.82 Å². The van der Waals surface area contributed by atoms with E-state index in [1.54, 1.807) is 0 Å². The van der Waals surface area contributed by atoms with Crippen molar-refractivity contribution in [3.05, 3.63) is 23.9 Å². The summed E-state index contributed by atoms with van der Waals surface area (Å²) >= 11 is 0. The summed E-state index contributed by atoms with van der Waals surface area (Å²) in [6.07, 6.45) is 3.19. The van der Waals surface area contributed by atoms with E-state index in [0.717, 1.165) is 11.7 Å². The van der Waals surface area contributed by atoms with Crippen LogP contribution in [0.15, 0.2) is 18.3 Å². The zero-order valence-corrected chi connectivity index (χ0v) is 8.33. The average Bonchev–Trinajstić information content (AvgIpc) is 2.78. The summed E-state index contributed by atoms with van der Waals surface area (Å²) in [5.41, 5.74) is 1.24. The van der Waals surface area contributed by atoms with Gasteiger partial charge in [0.25, 0.3) is 0 Å². The quantitative estimate of drug-likeness (QED) is 0.733. The van der Waals surface area contributed by atoms with Gasteiger partial charge >= 0.3 is 0 Å². The summed E-state index contributed by atoms with van der Waals surface area (Å²) in [6.45, 7) is 3.28. The van der Waals surface area contributed by atoms with Gasteiger partial charge in [0.15, 0.2) is 0 Å². The maximum Gasteiger partial charge on any atom is 0.129 e. The number of nitrogens with zero attached hydrogens (tertiary/aromatic N) is 1. The van der Waals surface area contributed by atoms with Crippen LogP contribution in [0.25, 0.3) is 0 Å². The summed E-state index contributed by atoms with van der Waals surface area (Å²) in [6, 6.07) is 5.38. The number of fused-ring (bicyclic) bond motifs is 1. The Kier molecular flexibility index (Phi) is 1.74. The molecule has 0 aromatic carbocycles. The largest absolute Gasteiger partial charge is 0.365 e. The van der Waals surface area contributed by atoms with Gasteiger partial charge in [-0.1, -0.05) is 6.07 Å². The van der Waals surface area contributed by atoms with Crippen LogP contribution in [0.3, 0.4) is 0 Å². The second-order valence-corrected chi connectivity index (χ2v) is 4.35. The molecule has 3 heterocycles. The molecule has 4 rings (SSSR count). The number of rotatable bonds is 2. The number of aromatic nitrogens is 1. The van der Waals surface area contributed by atoms with Crippen molar-refractivity contribution in [3.8, 4) is 0 Å². The summed E-state index contributed by atoms with van der Waals surface area (Å²) in [5, 5.41) is 7.03. The SMILES string of the molecule is Cc1cccnc1NC1C2CNC1C2. The molecule has 0 spiro atoms. The topological polar surface area (TPSA) is 37.0 Å². The van der Waals surface area contributed by atoms with Gasteiger partial charge in [-0.3, -0.25) is 0 Å². The normalized spacial score (nSPS) is 33.9. The molecule has 1 aromatic heterocycles. The van der Waals surface area contributed by atoms with E-state index >= 15 is 0 Å². The van der Waals surface area contributed by atoms with Gasteiger partial charge in [-0.2, -0.15) is 0 Å². The molecule has 1 aliphatic carbocycles. The predicted octanol–water partition coefficient (Wildman–Crippen LogP) is 1.16. The number of hydrogen-bond acceptors (Lipinski definition) is 3. The molecule has 3 fully saturated rings. The van der Waals surface area contributed by atoms with Gasteiger partial charge in [0.2, 0.25) is 0 Å². The Morgan fingerprint density at radius 2 is 2.50 bits per heavy atom. The molecule has 3 aliphatic rings. The minimum absolute atomic E-state index is 0.614. The van der Waals surface area contributed by atoms with Crippen LogP contribution in [0.4, 0.5) is 5.82 Å². The van der Waals surface area contributed by atoms with Gasteiger partial charge < -0.3 is 10.6 Å². The molecule has 1 saturated carbocycles. The first-order valence-corrected chi connectivity index (χ1v) is 5.26. The van der Waals surface area contributed by atoms with E-state index in [2.05, 4.69) is 28.6 Å². The van der Waals surface area contributed by atoms with Crippen molar-refractivity contribution in [2.45, 2.75) is 25.4 Å². The monoisotopic (exact) mass is 189 g/mol. The van der Waals surface area contributed by atoms with Crippen LogP contribution in [0, 0.1) is 12.8 Å². The lowest BCUT2D eigenvalue weighted by Gasteiger charge is -2.35. The molecular weight excluding hydrogens is 174 g/mol. The summed E-state index contributed by atoms with van der Waals surface area (Å²) in [5.74, 6) is 1.87. The summed E-state index contributed by atoms with van der Waals surface area (Å²) in [7, 11) is 0. The van der Waals surface area contributed by atoms with Crippen LogP contribution in [-0.2, 0) is 0 Å². The van der Waals surface area contributed by atoms with Crippen LogP contribution in [0.2, 0.25) is 0 Å². The molecule has 1 aromatic rings. The van der Waals surface area contributed by atoms with Gasteiger partial charge in [0, 0.05) is 24.8 Å². The minimum atomic E-state index is 0.614. The summed E-state index contributed by atoms with van der Waals surface area (Å²) < 4.78 is 0. The van der Waals surface area contributed by atoms with E-state index in [-0.39, 0.29) is 0 Å². The van der Waals surface area contributed by atoms with Gasteiger partial charge in [-0.25, -0.2) is 4.98 Å². The van der Waals surface area contributed by atoms with E-state index < -0.39 is 0 Å². The maximum atomic E-state index is 4.36. The lowest BCUT2D eigenvalue weighted by molar-refractivity contribution is 0.326. The molecule has 74 valence electrons. The lowest BCUT2D eigenvalue weighted by Crippen LogP contribution is -2.47. The molecule has 3 unspecified atom stereocenters. The highest BCUT2D eigenvalue weighted by molar-refractivity contribution is 5.45. The van der Waals surface area contributed by atoms with Crippen molar-refractivity contribution in [2.75, 3.05) is 11.9 Å². The second-order valence-electron chi connectivity index (χ2n) is 4.35. The first kappa shape index (κ1) is 8.24. The number of hydrogen-bond donors (Lipinski definition) is 2.